The van der Waals surface area contributed by atoms with E-state index < -0.39 is 0 Å². The Bertz CT molecular complexity index is 224. The van der Waals surface area contributed by atoms with Crippen LogP contribution in [0.5, 0.6) is 0 Å². The molecule has 0 saturated carbocycles. The quantitative estimate of drug-likeness (QED) is 0.520. The second-order valence-electron chi connectivity index (χ2n) is 4.45. The normalized spacial score (nSPS) is 21.1. The average molecular weight is 228 g/mol. The molecule has 0 bridgehead atoms. The van der Waals surface area contributed by atoms with Crippen LogP contribution in [0.2, 0.25) is 0 Å². The fraction of sp³-hybridized carbons (Fsp3) is 0.909. The summed E-state index contributed by atoms with van der Waals surface area (Å²) < 4.78 is 5.37. The van der Waals surface area contributed by atoms with Crippen molar-refractivity contribution in [3.05, 3.63) is 0 Å². The molecule has 0 aromatic rings. The van der Waals surface area contributed by atoms with Crippen molar-refractivity contribution in [1.29, 1.82) is 0 Å². The fourth-order valence-electron chi connectivity index (χ4n) is 1.98. The van der Waals surface area contributed by atoms with Crippen molar-refractivity contribution in [2.24, 2.45) is 16.6 Å². The molecule has 1 saturated heterocycles. The number of hydrogen-bond acceptors (Lipinski definition) is 3. The third-order valence-electron chi connectivity index (χ3n) is 3.02. The number of hydrogen-bond donors (Lipinski definition) is 2. The first-order valence-corrected chi connectivity index (χ1v) is 5.93. The molecule has 0 aliphatic carbocycles. The Labute approximate surface area is 98.0 Å². The zero-order valence-corrected chi connectivity index (χ0v) is 10.6. The Morgan fingerprint density at radius 2 is 2.06 bits per heavy atom. The van der Waals surface area contributed by atoms with Gasteiger partial charge in [0, 0.05) is 32.7 Å². The van der Waals surface area contributed by atoms with E-state index in [4.69, 9.17) is 10.5 Å². The number of ether oxygens (including phenoxy) is 1. The zero-order chi connectivity index (χ0) is 12.0. The van der Waals surface area contributed by atoms with Crippen LogP contribution in [-0.4, -0.2) is 56.8 Å². The SMILES string of the molecule is CN=C(N)NC[C@@H](C(C)C)N1CCOCC1. The van der Waals surface area contributed by atoms with Crippen LogP contribution in [0.4, 0.5) is 0 Å². The minimum absolute atomic E-state index is 0.490. The van der Waals surface area contributed by atoms with Crippen molar-refractivity contribution in [1.82, 2.24) is 10.2 Å². The first kappa shape index (κ1) is 13.3. The smallest absolute Gasteiger partial charge is 0.188 e. The Kier molecular flexibility index (Phi) is 5.55. The van der Waals surface area contributed by atoms with Crippen molar-refractivity contribution >= 4 is 5.96 Å². The number of aliphatic imine (C=N–C) groups is 1. The molecule has 0 spiro atoms. The van der Waals surface area contributed by atoms with Crippen LogP contribution < -0.4 is 11.1 Å². The lowest BCUT2D eigenvalue weighted by Crippen LogP contribution is -2.52. The monoisotopic (exact) mass is 228 g/mol. The van der Waals surface area contributed by atoms with Crippen LogP contribution in [-0.2, 0) is 4.74 Å². The summed E-state index contributed by atoms with van der Waals surface area (Å²) in [4.78, 5) is 6.37. The molecule has 16 heavy (non-hydrogen) atoms. The Hall–Kier alpha value is -0.810. The lowest BCUT2D eigenvalue weighted by molar-refractivity contribution is 0.00755. The number of morpholine rings is 1. The molecular formula is C11H24N4O. The number of guanidine groups is 1. The van der Waals surface area contributed by atoms with Crippen LogP contribution in [0.3, 0.4) is 0 Å². The maximum atomic E-state index is 5.65. The van der Waals surface area contributed by atoms with Crippen molar-refractivity contribution < 1.29 is 4.74 Å². The van der Waals surface area contributed by atoms with Gasteiger partial charge in [0.25, 0.3) is 0 Å². The third-order valence-corrected chi connectivity index (χ3v) is 3.02. The number of rotatable bonds is 4. The van der Waals surface area contributed by atoms with Crippen LogP contribution in [0.25, 0.3) is 0 Å². The minimum Gasteiger partial charge on any atom is -0.379 e. The van der Waals surface area contributed by atoms with E-state index in [-0.39, 0.29) is 0 Å². The molecule has 1 rings (SSSR count). The largest absolute Gasteiger partial charge is 0.379 e. The summed E-state index contributed by atoms with van der Waals surface area (Å²) in [6, 6.07) is 0.490. The summed E-state index contributed by atoms with van der Waals surface area (Å²) in [6.45, 7) is 9.01. The molecule has 0 radical (unpaired) electrons. The number of nitrogens with zero attached hydrogens (tertiary/aromatic N) is 2. The van der Waals surface area contributed by atoms with Gasteiger partial charge in [-0.2, -0.15) is 0 Å². The van der Waals surface area contributed by atoms with Gasteiger partial charge in [0.2, 0.25) is 0 Å². The molecule has 0 aromatic carbocycles. The van der Waals surface area contributed by atoms with Crippen LogP contribution >= 0.6 is 0 Å². The highest BCUT2D eigenvalue weighted by atomic mass is 16.5. The molecule has 1 heterocycles. The van der Waals surface area contributed by atoms with Crippen LogP contribution in [0.15, 0.2) is 4.99 Å². The maximum absolute atomic E-state index is 5.65. The second kappa shape index (κ2) is 6.70. The lowest BCUT2D eigenvalue weighted by Gasteiger charge is -2.37. The van der Waals surface area contributed by atoms with E-state index in [0.717, 1.165) is 32.8 Å². The van der Waals surface area contributed by atoms with Crippen molar-refractivity contribution in [2.75, 3.05) is 39.9 Å². The number of nitrogens with one attached hydrogen (secondary N) is 1. The molecular weight excluding hydrogens is 204 g/mol. The Morgan fingerprint density at radius 3 is 2.56 bits per heavy atom. The standard InChI is InChI=1S/C11H24N4O/c1-9(2)10(8-14-11(12)13-3)15-4-6-16-7-5-15/h9-10H,4-8H2,1-3H3,(H3,12,13,14)/t10-/m0/s1. The van der Waals surface area contributed by atoms with Gasteiger partial charge in [-0.05, 0) is 5.92 Å². The zero-order valence-electron chi connectivity index (χ0n) is 10.6. The van der Waals surface area contributed by atoms with E-state index in [1.807, 2.05) is 0 Å². The van der Waals surface area contributed by atoms with E-state index in [0.29, 0.717) is 17.9 Å². The molecule has 1 aliphatic rings. The van der Waals surface area contributed by atoms with E-state index in [1.54, 1.807) is 7.05 Å². The highest BCUT2D eigenvalue weighted by Crippen LogP contribution is 2.11. The van der Waals surface area contributed by atoms with Gasteiger partial charge in [-0.1, -0.05) is 13.8 Å². The molecule has 1 atom stereocenters. The van der Waals surface area contributed by atoms with Gasteiger partial charge < -0.3 is 15.8 Å². The summed E-state index contributed by atoms with van der Waals surface area (Å²) >= 11 is 0. The molecule has 1 fully saturated rings. The number of nitrogens with two attached hydrogens (primary N) is 1. The topological polar surface area (TPSA) is 62.9 Å². The van der Waals surface area contributed by atoms with Crippen LogP contribution in [0.1, 0.15) is 13.8 Å². The molecule has 5 heteroatoms. The fourth-order valence-corrected chi connectivity index (χ4v) is 1.98. The van der Waals surface area contributed by atoms with E-state index in [1.165, 1.54) is 0 Å². The molecule has 94 valence electrons. The minimum atomic E-state index is 0.490. The predicted molar refractivity (Wildman–Crippen MR) is 66.6 cm³/mol. The predicted octanol–water partition coefficient (Wildman–Crippen LogP) is -0.123. The van der Waals surface area contributed by atoms with Crippen molar-refractivity contribution in [3.63, 3.8) is 0 Å². The van der Waals surface area contributed by atoms with E-state index in [9.17, 15) is 0 Å². The van der Waals surface area contributed by atoms with Gasteiger partial charge in [0.15, 0.2) is 5.96 Å². The van der Waals surface area contributed by atoms with Gasteiger partial charge in [0.1, 0.15) is 0 Å². The summed E-state index contributed by atoms with van der Waals surface area (Å²) in [5.41, 5.74) is 5.65. The summed E-state index contributed by atoms with van der Waals surface area (Å²) in [7, 11) is 1.70. The van der Waals surface area contributed by atoms with Gasteiger partial charge in [-0.3, -0.25) is 9.89 Å². The summed E-state index contributed by atoms with van der Waals surface area (Å²) in [6.07, 6.45) is 0. The van der Waals surface area contributed by atoms with Gasteiger partial charge in [-0.25, -0.2) is 0 Å². The van der Waals surface area contributed by atoms with Crippen LogP contribution in [0, 0.1) is 5.92 Å². The van der Waals surface area contributed by atoms with Gasteiger partial charge >= 0.3 is 0 Å². The summed E-state index contributed by atoms with van der Waals surface area (Å²) in [5.74, 6) is 1.11. The Balaban J connectivity index is 2.46. The molecule has 0 unspecified atom stereocenters. The van der Waals surface area contributed by atoms with Crippen molar-refractivity contribution in [3.8, 4) is 0 Å². The van der Waals surface area contributed by atoms with Gasteiger partial charge in [-0.15, -0.1) is 0 Å². The van der Waals surface area contributed by atoms with Gasteiger partial charge in [0.05, 0.1) is 13.2 Å². The van der Waals surface area contributed by atoms with E-state index >= 15 is 0 Å². The van der Waals surface area contributed by atoms with E-state index in [2.05, 4.69) is 29.1 Å². The highest BCUT2D eigenvalue weighted by Gasteiger charge is 2.23. The third kappa shape index (κ3) is 3.98. The lowest BCUT2D eigenvalue weighted by atomic mass is 10.0. The highest BCUT2D eigenvalue weighted by molar-refractivity contribution is 5.77. The molecule has 1 aliphatic heterocycles. The first-order valence-electron chi connectivity index (χ1n) is 5.93. The maximum Gasteiger partial charge on any atom is 0.188 e. The summed E-state index contributed by atoms with van der Waals surface area (Å²) in [5, 5.41) is 3.16. The molecule has 0 amide bonds. The average Bonchev–Trinajstić information content (AvgIpc) is 2.30. The molecule has 3 N–H and O–H groups in total. The molecule has 0 aromatic heterocycles. The molecule has 5 nitrogen and oxygen atoms in total. The Morgan fingerprint density at radius 1 is 1.44 bits per heavy atom. The first-order chi connectivity index (χ1) is 7.65. The van der Waals surface area contributed by atoms with Crippen molar-refractivity contribution in [2.45, 2.75) is 19.9 Å². The second-order valence-corrected chi connectivity index (χ2v) is 4.45.